The molecule has 5 aliphatic rings. The van der Waals surface area contributed by atoms with Crippen LogP contribution in [0.4, 0.5) is 0 Å². The van der Waals surface area contributed by atoms with E-state index in [1.54, 1.807) is 0 Å². The fourth-order valence-corrected chi connectivity index (χ4v) is 8.88. The van der Waals surface area contributed by atoms with Crippen molar-refractivity contribution in [3.63, 3.8) is 0 Å². The summed E-state index contributed by atoms with van der Waals surface area (Å²) in [5, 5.41) is 21.3. The van der Waals surface area contributed by atoms with Crippen LogP contribution >= 0.6 is 0 Å². The number of fused-ring (bicyclic) bond motifs is 6. The molecule has 4 heteroatoms. The molecule has 174 valence electrons. The minimum absolute atomic E-state index is 0.0131. The molecule has 4 nitrogen and oxygen atoms in total. The van der Waals surface area contributed by atoms with Gasteiger partial charge in [0.15, 0.2) is 11.5 Å². The fraction of sp³-hybridized carbons (Fsp3) is 0.714. The van der Waals surface area contributed by atoms with Crippen LogP contribution in [0.2, 0.25) is 0 Å². The molecule has 0 spiro atoms. The first kappa shape index (κ1) is 22.1. The van der Waals surface area contributed by atoms with E-state index in [0.29, 0.717) is 23.8 Å². The Hall–Kier alpha value is -1.68. The summed E-state index contributed by atoms with van der Waals surface area (Å²) in [5.74, 6) is 0.451. The third-order valence-corrected chi connectivity index (χ3v) is 11.5. The van der Waals surface area contributed by atoms with Gasteiger partial charge in [-0.1, -0.05) is 46.8 Å². The lowest BCUT2D eigenvalue weighted by Gasteiger charge is -2.70. The van der Waals surface area contributed by atoms with Gasteiger partial charge < -0.3 is 10.2 Å². The van der Waals surface area contributed by atoms with Crippen molar-refractivity contribution in [3.05, 3.63) is 34.6 Å². The summed E-state index contributed by atoms with van der Waals surface area (Å²) in [7, 11) is 0. The smallest absolute Gasteiger partial charge is 0.201 e. The highest BCUT2D eigenvalue weighted by Gasteiger charge is 2.68. The van der Waals surface area contributed by atoms with Crippen molar-refractivity contribution in [2.75, 3.05) is 0 Å². The van der Waals surface area contributed by atoms with Gasteiger partial charge in [0.25, 0.3) is 0 Å². The Morgan fingerprint density at radius 2 is 1.72 bits per heavy atom. The average Bonchev–Trinajstić information content (AvgIpc) is 2.74. The van der Waals surface area contributed by atoms with Crippen LogP contribution in [-0.2, 0) is 9.59 Å². The number of aliphatic hydroxyl groups excluding tert-OH is 2. The minimum Gasteiger partial charge on any atom is -0.504 e. The summed E-state index contributed by atoms with van der Waals surface area (Å²) in [6.45, 7) is 13.1. The summed E-state index contributed by atoms with van der Waals surface area (Å²) in [4.78, 5) is 25.3. The number of hydrogen-bond acceptors (Lipinski definition) is 4. The second-order valence-corrected chi connectivity index (χ2v) is 12.5. The van der Waals surface area contributed by atoms with Crippen LogP contribution in [0.15, 0.2) is 34.6 Å². The average molecular weight is 439 g/mol. The fourth-order valence-electron chi connectivity index (χ4n) is 8.88. The normalized spacial score (nSPS) is 50.6. The number of Topliss-reactive ketones (excluding diaryl/α,β-unsaturated/α-hetero) is 2. The summed E-state index contributed by atoms with van der Waals surface area (Å²) in [6, 6.07) is 0. The Morgan fingerprint density at radius 1 is 1.03 bits per heavy atom. The number of allylic oxidation sites excluding steroid dienone is 6. The summed E-state index contributed by atoms with van der Waals surface area (Å²) in [5.41, 5.74) is 2.35. The van der Waals surface area contributed by atoms with E-state index < -0.39 is 6.10 Å². The van der Waals surface area contributed by atoms with Crippen molar-refractivity contribution in [3.8, 4) is 0 Å². The lowest BCUT2D eigenvalue weighted by Crippen LogP contribution is -2.66. The first-order valence-electron chi connectivity index (χ1n) is 12.4. The van der Waals surface area contributed by atoms with Crippen LogP contribution in [0.1, 0.15) is 80.1 Å². The Bertz CT molecular complexity index is 1020. The maximum absolute atomic E-state index is 12.7. The number of carbonyl (C=O) groups excluding carboxylic acids is 2. The van der Waals surface area contributed by atoms with Gasteiger partial charge in [-0.05, 0) is 72.8 Å². The van der Waals surface area contributed by atoms with Gasteiger partial charge in [0.2, 0.25) is 5.78 Å². The van der Waals surface area contributed by atoms with Crippen LogP contribution < -0.4 is 0 Å². The molecular weight excluding hydrogens is 400 g/mol. The van der Waals surface area contributed by atoms with E-state index in [9.17, 15) is 19.8 Å². The molecule has 3 fully saturated rings. The zero-order valence-electron chi connectivity index (χ0n) is 20.4. The SMILES string of the molecule is CC1=C(O)C(=O)CC2=C1C=C[C@@]1(C)[C@@]3(C)CC[C@]4(C)C(C[C@@H](C)C(=O)[C@H]4O)C3CC[C@]21C. The predicted octanol–water partition coefficient (Wildman–Crippen LogP) is 5.47. The molecule has 0 radical (unpaired) electrons. The maximum Gasteiger partial charge on any atom is 0.201 e. The molecule has 0 bridgehead atoms. The van der Waals surface area contributed by atoms with E-state index in [2.05, 4.69) is 39.8 Å². The maximum atomic E-state index is 12.7. The third-order valence-electron chi connectivity index (χ3n) is 11.5. The molecule has 5 aliphatic carbocycles. The van der Waals surface area contributed by atoms with Crippen LogP contribution in [0.5, 0.6) is 0 Å². The molecule has 0 aromatic heterocycles. The molecule has 5 rings (SSSR count). The number of rotatable bonds is 0. The molecule has 0 aliphatic heterocycles. The standard InChI is InChI=1S/C28H38O4/c1-15-13-20-18-8-9-26(4)19-14-21(29)23(31)16(2)17(19)7-10-28(26,6)27(18,5)12-11-25(20,3)24(32)22(15)30/h7,10,15,18,20,24,31-32H,8-9,11-14H2,1-6H3/t15-,18?,20?,24-,25-,26-,27+,28-/m1/s1. The van der Waals surface area contributed by atoms with E-state index in [0.717, 1.165) is 37.7 Å². The van der Waals surface area contributed by atoms with Crippen LogP contribution in [-0.4, -0.2) is 27.9 Å². The summed E-state index contributed by atoms with van der Waals surface area (Å²) < 4.78 is 0. The Morgan fingerprint density at radius 3 is 2.41 bits per heavy atom. The number of hydrogen-bond donors (Lipinski definition) is 2. The van der Waals surface area contributed by atoms with E-state index in [1.165, 1.54) is 5.57 Å². The highest BCUT2D eigenvalue weighted by Crippen LogP contribution is 2.74. The topological polar surface area (TPSA) is 74.6 Å². The molecule has 32 heavy (non-hydrogen) atoms. The van der Waals surface area contributed by atoms with Gasteiger partial charge >= 0.3 is 0 Å². The molecule has 0 aromatic carbocycles. The summed E-state index contributed by atoms with van der Waals surface area (Å²) in [6.07, 6.45) is 8.71. The molecule has 2 N–H and O–H groups in total. The zero-order chi connectivity index (χ0) is 23.4. The lowest BCUT2D eigenvalue weighted by molar-refractivity contribution is -0.202. The van der Waals surface area contributed by atoms with Gasteiger partial charge in [-0.15, -0.1) is 0 Å². The summed E-state index contributed by atoms with van der Waals surface area (Å²) >= 11 is 0. The lowest BCUT2D eigenvalue weighted by atomic mass is 9.33. The first-order valence-corrected chi connectivity index (χ1v) is 12.4. The first-order chi connectivity index (χ1) is 14.8. The van der Waals surface area contributed by atoms with Gasteiger partial charge in [-0.25, -0.2) is 0 Å². The van der Waals surface area contributed by atoms with Gasteiger partial charge in [-0.2, -0.15) is 0 Å². The van der Waals surface area contributed by atoms with Gasteiger partial charge in [0, 0.05) is 28.7 Å². The highest BCUT2D eigenvalue weighted by molar-refractivity contribution is 5.98. The molecule has 2 unspecified atom stereocenters. The molecule has 0 amide bonds. The predicted molar refractivity (Wildman–Crippen MR) is 124 cm³/mol. The van der Waals surface area contributed by atoms with Crippen LogP contribution in [0, 0.1) is 39.4 Å². The number of aliphatic hydroxyl groups is 2. The Labute approximate surface area is 191 Å². The van der Waals surface area contributed by atoms with E-state index in [-0.39, 0.29) is 44.9 Å². The Kier molecular flexibility index (Phi) is 4.47. The van der Waals surface area contributed by atoms with Crippen LogP contribution in [0.3, 0.4) is 0 Å². The van der Waals surface area contributed by atoms with Crippen molar-refractivity contribution in [2.45, 2.75) is 86.2 Å². The van der Waals surface area contributed by atoms with Crippen LogP contribution in [0.25, 0.3) is 0 Å². The molecule has 3 saturated carbocycles. The van der Waals surface area contributed by atoms with Crippen molar-refractivity contribution in [1.29, 1.82) is 0 Å². The second-order valence-electron chi connectivity index (χ2n) is 12.5. The monoisotopic (exact) mass is 438 g/mol. The number of carbonyl (C=O) groups is 2. The Balaban J connectivity index is 1.61. The third kappa shape index (κ3) is 2.33. The van der Waals surface area contributed by atoms with Crippen molar-refractivity contribution < 1.29 is 19.8 Å². The van der Waals surface area contributed by atoms with Crippen molar-refractivity contribution in [2.24, 2.45) is 39.4 Å². The minimum atomic E-state index is -0.857. The molecule has 8 atom stereocenters. The number of ketones is 2. The zero-order valence-corrected chi connectivity index (χ0v) is 20.4. The molecule has 0 saturated heterocycles. The van der Waals surface area contributed by atoms with E-state index in [4.69, 9.17) is 0 Å². The van der Waals surface area contributed by atoms with Crippen molar-refractivity contribution >= 4 is 11.6 Å². The molecule has 0 heterocycles. The van der Waals surface area contributed by atoms with Crippen molar-refractivity contribution in [1.82, 2.24) is 0 Å². The van der Waals surface area contributed by atoms with Gasteiger partial charge in [0.1, 0.15) is 6.10 Å². The van der Waals surface area contributed by atoms with Gasteiger partial charge in [0.05, 0.1) is 0 Å². The molecular formula is C28H38O4. The second kappa shape index (κ2) is 6.46. The van der Waals surface area contributed by atoms with E-state index in [1.807, 2.05) is 13.8 Å². The highest BCUT2D eigenvalue weighted by atomic mass is 16.3. The van der Waals surface area contributed by atoms with E-state index >= 15 is 0 Å². The quantitative estimate of drug-likeness (QED) is 0.526. The molecule has 0 aromatic rings. The largest absolute Gasteiger partial charge is 0.504 e. The van der Waals surface area contributed by atoms with Gasteiger partial charge in [-0.3, -0.25) is 9.59 Å².